The lowest BCUT2D eigenvalue weighted by molar-refractivity contribution is 0.225. The lowest BCUT2D eigenvalue weighted by atomic mass is 9.82. The van der Waals surface area contributed by atoms with E-state index in [1.807, 2.05) is 10.7 Å². The number of nitrogen functional groups attached to an aromatic ring is 1. The van der Waals surface area contributed by atoms with Gasteiger partial charge in [0.05, 0.1) is 10.7 Å². The number of rotatable bonds is 3. The van der Waals surface area contributed by atoms with Crippen molar-refractivity contribution in [3.63, 3.8) is 0 Å². The molecule has 0 saturated heterocycles. The van der Waals surface area contributed by atoms with Crippen molar-refractivity contribution in [2.75, 3.05) is 5.73 Å². The SMILES string of the molecule is CC(Cn1nnnc1-c1ccc(N)c(Cl)c1)C(C)(C)C. The van der Waals surface area contributed by atoms with Crippen molar-refractivity contribution in [1.29, 1.82) is 0 Å². The second-order valence-electron chi connectivity index (χ2n) is 6.19. The van der Waals surface area contributed by atoms with Crippen molar-refractivity contribution < 1.29 is 0 Å². The van der Waals surface area contributed by atoms with Gasteiger partial charge in [0, 0.05) is 12.1 Å². The Hall–Kier alpha value is -1.62. The zero-order chi connectivity index (χ0) is 14.9. The Bertz CT molecular complexity index is 600. The van der Waals surface area contributed by atoms with Crippen LogP contribution in [-0.4, -0.2) is 20.2 Å². The molecule has 108 valence electrons. The number of aromatic nitrogens is 4. The van der Waals surface area contributed by atoms with Gasteiger partial charge in [-0.1, -0.05) is 39.3 Å². The summed E-state index contributed by atoms with van der Waals surface area (Å²) in [7, 11) is 0. The van der Waals surface area contributed by atoms with Crippen LogP contribution in [0.2, 0.25) is 5.02 Å². The van der Waals surface area contributed by atoms with Gasteiger partial charge in [0.25, 0.3) is 0 Å². The molecule has 1 atom stereocenters. The number of nitrogens with zero attached hydrogens (tertiary/aromatic N) is 4. The quantitative estimate of drug-likeness (QED) is 0.882. The van der Waals surface area contributed by atoms with Crippen LogP contribution in [0.25, 0.3) is 11.4 Å². The molecule has 0 fully saturated rings. The standard InChI is InChI=1S/C14H20ClN5/c1-9(14(2,3)4)8-20-13(17-18-19-20)10-5-6-12(16)11(15)7-10/h5-7,9H,8,16H2,1-4H3. The van der Waals surface area contributed by atoms with Crippen LogP contribution < -0.4 is 5.73 Å². The van der Waals surface area contributed by atoms with E-state index < -0.39 is 0 Å². The molecule has 2 rings (SSSR count). The molecule has 1 unspecified atom stereocenters. The Morgan fingerprint density at radius 1 is 1.35 bits per heavy atom. The van der Waals surface area contributed by atoms with Crippen LogP contribution in [0.3, 0.4) is 0 Å². The van der Waals surface area contributed by atoms with Gasteiger partial charge < -0.3 is 5.73 Å². The third-order valence-electron chi connectivity index (χ3n) is 3.72. The molecular formula is C14H20ClN5. The normalized spacial score (nSPS) is 13.4. The van der Waals surface area contributed by atoms with Crippen LogP contribution in [0.1, 0.15) is 27.7 Å². The Labute approximate surface area is 124 Å². The van der Waals surface area contributed by atoms with Crippen molar-refractivity contribution in [2.24, 2.45) is 11.3 Å². The van der Waals surface area contributed by atoms with E-state index in [1.54, 1.807) is 12.1 Å². The van der Waals surface area contributed by atoms with Crippen LogP contribution >= 0.6 is 11.6 Å². The second-order valence-corrected chi connectivity index (χ2v) is 6.60. The average Bonchev–Trinajstić information content (AvgIpc) is 2.79. The highest BCUT2D eigenvalue weighted by Crippen LogP contribution is 2.29. The van der Waals surface area contributed by atoms with Crippen LogP contribution in [0.5, 0.6) is 0 Å². The molecule has 6 heteroatoms. The molecule has 1 heterocycles. The van der Waals surface area contributed by atoms with E-state index in [2.05, 4.69) is 43.2 Å². The molecule has 2 aromatic rings. The topological polar surface area (TPSA) is 69.6 Å². The summed E-state index contributed by atoms with van der Waals surface area (Å²) < 4.78 is 1.82. The minimum Gasteiger partial charge on any atom is -0.398 e. The van der Waals surface area contributed by atoms with E-state index in [9.17, 15) is 0 Å². The zero-order valence-electron chi connectivity index (χ0n) is 12.3. The predicted octanol–water partition coefficient (Wildman–Crippen LogP) is 3.26. The van der Waals surface area contributed by atoms with Gasteiger partial charge in [-0.25, -0.2) is 4.68 Å². The molecule has 1 aromatic heterocycles. The first-order chi connectivity index (χ1) is 9.29. The number of nitrogens with two attached hydrogens (primary N) is 1. The minimum absolute atomic E-state index is 0.196. The molecule has 0 bridgehead atoms. The number of halogens is 1. The first kappa shape index (κ1) is 14.8. The second kappa shape index (κ2) is 5.40. The van der Waals surface area contributed by atoms with Gasteiger partial charge in [-0.3, -0.25) is 0 Å². The number of anilines is 1. The highest BCUT2D eigenvalue weighted by Gasteiger charge is 2.22. The van der Waals surface area contributed by atoms with E-state index in [-0.39, 0.29) is 5.41 Å². The summed E-state index contributed by atoms with van der Waals surface area (Å²) in [6.07, 6.45) is 0. The highest BCUT2D eigenvalue weighted by atomic mass is 35.5. The number of hydrogen-bond donors (Lipinski definition) is 1. The van der Waals surface area contributed by atoms with Gasteiger partial charge in [0.2, 0.25) is 0 Å². The van der Waals surface area contributed by atoms with E-state index >= 15 is 0 Å². The maximum atomic E-state index is 6.06. The molecule has 5 nitrogen and oxygen atoms in total. The van der Waals surface area contributed by atoms with Crippen molar-refractivity contribution in [2.45, 2.75) is 34.2 Å². The molecule has 0 spiro atoms. The van der Waals surface area contributed by atoms with Gasteiger partial charge in [0.1, 0.15) is 0 Å². The summed E-state index contributed by atoms with van der Waals surface area (Å²) in [6, 6.07) is 5.44. The van der Waals surface area contributed by atoms with Crippen molar-refractivity contribution in [3.8, 4) is 11.4 Å². The fourth-order valence-corrected chi connectivity index (χ4v) is 1.91. The van der Waals surface area contributed by atoms with E-state index in [4.69, 9.17) is 17.3 Å². The van der Waals surface area contributed by atoms with Gasteiger partial charge in [-0.15, -0.1) is 5.10 Å². The fourth-order valence-electron chi connectivity index (χ4n) is 1.73. The Balaban J connectivity index is 2.31. The van der Waals surface area contributed by atoms with E-state index in [1.165, 1.54) is 0 Å². The third-order valence-corrected chi connectivity index (χ3v) is 4.04. The summed E-state index contributed by atoms with van der Waals surface area (Å²) in [5, 5.41) is 12.5. The minimum atomic E-state index is 0.196. The summed E-state index contributed by atoms with van der Waals surface area (Å²) >= 11 is 6.06. The molecule has 0 aliphatic heterocycles. The molecule has 0 amide bonds. The maximum Gasteiger partial charge on any atom is 0.182 e. The molecule has 2 N–H and O–H groups in total. The lowest BCUT2D eigenvalue weighted by Gasteiger charge is -2.27. The zero-order valence-corrected chi connectivity index (χ0v) is 13.0. The van der Waals surface area contributed by atoms with Crippen LogP contribution in [0.15, 0.2) is 18.2 Å². The molecule has 0 aliphatic rings. The summed E-state index contributed by atoms with van der Waals surface area (Å²) in [5.41, 5.74) is 7.35. The lowest BCUT2D eigenvalue weighted by Crippen LogP contribution is -2.23. The van der Waals surface area contributed by atoms with Crippen molar-refractivity contribution in [1.82, 2.24) is 20.2 Å². The molecular weight excluding hydrogens is 274 g/mol. The first-order valence-corrected chi connectivity index (χ1v) is 6.98. The Morgan fingerprint density at radius 3 is 2.65 bits per heavy atom. The number of benzene rings is 1. The van der Waals surface area contributed by atoms with Crippen LogP contribution in [0.4, 0.5) is 5.69 Å². The largest absolute Gasteiger partial charge is 0.398 e. The third kappa shape index (κ3) is 3.10. The first-order valence-electron chi connectivity index (χ1n) is 6.60. The number of hydrogen-bond acceptors (Lipinski definition) is 4. The Kier molecular flexibility index (Phi) is 3.99. The van der Waals surface area contributed by atoms with Gasteiger partial charge in [-0.2, -0.15) is 0 Å². The smallest absolute Gasteiger partial charge is 0.182 e. The summed E-state index contributed by atoms with van der Waals surface area (Å²) in [6.45, 7) is 9.58. The summed E-state index contributed by atoms with van der Waals surface area (Å²) in [4.78, 5) is 0. The average molecular weight is 294 g/mol. The number of tetrazole rings is 1. The molecule has 20 heavy (non-hydrogen) atoms. The van der Waals surface area contributed by atoms with Gasteiger partial charge in [-0.05, 0) is 40.0 Å². The van der Waals surface area contributed by atoms with Gasteiger partial charge >= 0.3 is 0 Å². The fraction of sp³-hybridized carbons (Fsp3) is 0.500. The highest BCUT2D eigenvalue weighted by molar-refractivity contribution is 6.33. The molecule has 0 aliphatic carbocycles. The van der Waals surface area contributed by atoms with E-state index in [0.717, 1.165) is 12.1 Å². The van der Waals surface area contributed by atoms with Crippen molar-refractivity contribution >= 4 is 17.3 Å². The monoisotopic (exact) mass is 293 g/mol. The molecule has 0 saturated carbocycles. The Morgan fingerprint density at radius 2 is 2.05 bits per heavy atom. The predicted molar refractivity (Wildman–Crippen MR) is 81.3 cm³/mol. The van der Waals surface area contributed by atoms with Gasteiger partial charge in [0.15, 0.2) is 5.82 Å². The van der Waals surface area contributed by atoms with Crippen molar-refractivity contribution in [3.05, 3.63) is 23.2 Å². The molecule has 0 radical (unpaired) electrons. The van der Waals surface area contributed by atoms with E-state index in [0.29, 0.717) is 22.5 Å². The maximum absolute atomic E-state index is 6.06. The summed E-state index contributed by atoms with van der Waals surface area (Å²) in [5.74, 6) is 1.15. The molecule has 1 aromatic carbocycles. The van der Waals surface area contributed by atoms with Crippen LogP contribution in [-0.2, 0) is 6.54 Å². The van der Waals surface area contributed by atoms with Crippen LogP contribution in [0, 0.1) is 11.3 Å².